The van der Waals surface area contributed by atoms with Gasteiger partial charge in [-0.05, 0) is 49.3 Å². The summed E-state index contributed by atoms with van der Waals surface area (Å²) in [6.07, 6.45) is 11.0. The van der Waals surface area contributed by atoms with Crippen LogP contribution in [0.5, 0.6) is 0 Å². The van der Waals surface area contributed by atoms with Crippen LogP contribution in [0.4, 0.5) is 17.5 Å². The van der Waals surface area contributed by atoms with Gasteiger partial charge in [-0.3, -0.25) is 4.98 Å². The van der Waals surface area contributed by atoms with Crippen LogP contribution < -0.4 is 10.2 Å². The minimum absolute atomic E-state index is 0.673. The summed E-state index contributed by atoms with van der Waals surface area (Å²) in [6.45, 7) is 2.23. The summed E-state index contributed by atoms with van der Waals surface area (Å²) in [6, 6.07) is 12.4. The van der Waals surface area contributed by atoms with E-state index in [1.807, 2.05) is 29.1 Å². The van der Waals surface area contributed by atoms with Gasteiger partial charge >= 0.3 is 0 Å². The van der Waals surface area contributed by atoms with Crippen molar-refractivity contribution >= 4 is 28.4 Å². The van der Waals surface area contributed by atoms with Gasteiger partial charge in [0.1, 0.15) is 11.6 Å². The van der Waals surface area contributed by atoms with Crippen LogP contribution in [0.3, 0.4) is 0 Å². The summed E-state index contributed by atoms with van der Waals surface area (Å²) in [5, 5.41) is 9.22. The fourth-order valence-electron chi connectivity index (χ4n) is 4.95. The number of nitrogens with zero attached hydrogens (tertiary/aromatic N) is 6. The summed E-state index contributed by atoms with van der Waals surface area (Å²) in [5.74, 6) is 4.13. The molecular weight excluding hydrogens is 374 g/mol. The second kappa shape index (κ2) is 7.09. The molecule has 4 heterocycles. The number of rotatable bonds is 4. The van der Waals surface area contributed by atoms with Crippen LogP contribution in [0.25, 0.3) is 16.6 Å². The number of aromatic nitrogens is 5. The lowest BCUT2D eigenvalue weighted by atomic mass is 9.99. The van der Waals surface area contributed by atoms with Gasteiger partial charge < -0.3 is 10.2 Å². The molecule has 2 bridgehead atoms. The third-order valence-electron chi connectivity index (χ3n) is 6.30. The lowest BCUT2D eigenvalue weighted by Crippen LogP contribution is -2.36. The average molecular weight is 397 g/mol. The highest BCUT2D eigenvalue weighted by Gasteiger charge is 2.33. The van der Waals surface area contributed by atoms with Crippen molar-refractivity contribution in [2.75, 3.05) is 23.3 Å². The molecule has 0 radical (unpaired) electrons. The molecule has 7 nitrogen and oxygen atoms in total. The van der Waals surface area contributed by atoms with Gasteiger partial charge in [-0.15, -0.1) is 5.10 Å². The van der Waals surface area contributed by atoms with Gasteiger partial charge in [0.25, 0.3) is 0 Å². The van der Waals surface area contributed by atoms with E-state index in [-0.39, 0.29) is 0 Å². The fourth-order valence-corrected chi connectivity index (χ4v) is 4.95. The van der Waals surface area contributed by atoms with E-state index >= 15 is 0 Å². The number of benzene rings is 1. The molecule has 150 valence electrons. The molecule has 1 N–H and O–H groups in total. The Balaban J connectivity index is 1.38. The number of fused-ring (bicyclic) bond motifs is 3. The van der Waals surface area contributed by atoms with Crippen molar-refractivity contribution in [3.63, 3.8) is 0 Å². The van der Waals surface area contributed by atoms with E-state index in [2.05, 4.69) is 38.4 Å². The Morgan fingerprint density at radius 3 is 2.63 bits per heavy atom. The highest BCUT2D eigenvalue weighted by Crippen LogP contribution is 2.38. The van der Waals surface area contributed by atoms with Crippen LogP contribution in [-0.2, 0) is 0 Å². The minimum Gasteiger partial charge on any atom is -0.356 e. The first-order valence-corrected chi connectivity index (χ1v) is 10.6. The molecular formula is C23H23N7. The van der Waals surface area contributed by atoms with Crippen molar-refractivity contribution in [1.29, 1.82) is 0 Å². The van der Waals surface area contributed by atoms with Crippen LogP contribution >= 0.6 is 0 Å². The van der Waals surface area contributed by atoms with Gasteiger partial charge in [-0.25, -0.2) is 14.6 Å². The molecule has 0 spiro atoms. The third-order valence-corrected chi connectivity index (χ3v) is 6.30. The molecule has 2 atom stereocenters. The first-order valence-electron chi connectivity index (χ1n) is 10.6. The molecule has 1 saturated carbocycles. The van der Waals surface area contributed by atoms with Crippen LogP contribution in [-0.4, -0.2) is 37.8 Å². The lowest BCUT2D eigenvalue weighted by Gasteiger charge is -2.32. The molecule has 1 aliphatic heterocycles. The molecule has 2 unspecified atom stereocenters. The first kappa shape index (κ1) is 17.4. The van der Waals surface area contributed by atoms with Gasteiger partial charge in [0.05, 0.1) is 17.4 Å². The Hall–Kier alpha value is -3.48. The number of para-hydroxylation sites is 1. The number of piperidine rings is 1. The second-order valence-corrected chi connectivity index (χ2v) is 8.32. The molecule has 4 aromatic rings. The minimum atomic E-state index is 0.673. The second-order valence-electron chi connectivity index (χ2n) is 8.32. The fraction of sp³-hybridized carbons (Fsp3) is 0.304. The van der Waals surface area contributed by atoms with Gasteiger partial charge in [0.2, 0.25) is 0 Å². The number of pyridine rings is 1. The largest absolute Gasteiger partial charge is 0.356 e. The van der Waals surface area contributed by atoms with Gasteiger partial charge in [0.15, 0.2) is 5.82 Å². The monoisotopic (exact) mass is 397 g/mol. The summed E-state index contributed by atoms with van der Waals surface area (Å²) < 4.78 is 1.98. The molecule has 2 fully saturated rings. The first-order chi connectivity index (χ1) is 14.8. The Kier molecular flexibility index (Phi) is 4.11. The van der Waals surface area contributed by atoms with E-state index in [9.17, 15) is 0 Å². The predicted octanol–water partition coefficient (Wildman–Crippen LogP) is 4.19. The van der Waals surface area contributed by atoms with Crippen LogP contribution in [0.15, 0.2) is 61.2 Å². The van der Waals surface area contributed by atoms with Crippen molar-refractivity contribution in [1.82, 2.24) is 24.7 Å². The van der Waals surface area contributed by atoms with E-state index in [0.717, 1.165) is 53.2 Å². The standard InChI is InChI=1S/C23H23N7/c1-2-4-20-19(3-1)23(27-21-13-24-9-10-25-21)28-30(20)18-7-8-26-22(12-18)29-14-16-5-6-17(11-16)15-29/h1-4,7-10,12-13,16-17H,5-6,11,14-15H2,(H,25,27,28). The molecule has 2 aliphatic rings. The van der Waals surface area contributed by atoms with E-state index < -0.39 is 0 Å². The van der Waals surface area contributed by atoms with Crippen molar-refractivity contribution in [2.45, 2.75) is 19.3 Å². The number of hydrogen-bond donors (Lipinski definition) is 1. The molecule has 6 rings (SSSR count). The Labute approximate surface area is 174 Å². The van der Waals surface area contributed by atoms with E-state index in [4.69, 9.17) is 10.1 Å². The molecule has 30 heavy (non-hydrogen) atoms. The van der Waals surface area contributed by atoms with Gasteiger partial charge in [0, 0.05) is 43.1 Å². The van der Waals surface area contributed by atoms with Crippen LogP contribution in [0.1, 0.15) is 19.3 Å². The van der Waals surface area contributed by atoms with Crippen LogP contribution in [0.2, 0.25) is 0 Å². The SMILES string of the molecule is c1ccc2c(c1)c(Nc1cnccn1)nn2-c1ccnc(N2CC3CCC(C3)C2)c1. The summed E-state index contributed by atoms with van der Waals surface area (Å²) in [7, 11) is 0. The molecule has 7 heteroatoms. The van der Waals surface area contributed by atoms with E-state index in [0.29, 0.717) is 5.82 Å². The third kappa shape index (κ3) is 3.07. The maximum absolute atomic E-state index is 4.87. The summed E-state index contributed by atoms with van der Waals surface area (Å²) in [4.78, 5) is 15.6. The Bertz CT molecular complexity index is 1170. The number of anilines is 3. The lowest BCUT2D eigenvalue weighted by molar-refractivity contribution is 0.419. The zero-order valence-corrected chi connectivity index (χ0v) is 16.6. The van der Waals surface area contributed by atoms with Gasteiger partial charge in [-0.1, -0.05) is 12.1 Å². The topological polar surface area (TPSA) is 71.8 Å². The average Bonchev–Trinajstić information content (AvgIpc) is 3.34. The smallest absolute Gasteiger partial charge is 0.162 e. The van der Waals surface area contributed by atoms with E-state index in [1.165, 1.54) is 19.3 Å². The maximum atomic E-state index is 4.87. The van der Waals surface area contributed by atoms with Crippen molar-refractivity contribution in [2.24, 2.45) is 11.8 Å². The van der Waals surface area contributed by atoms with E-state index in [1.54, 1.807) is 18.6 Å². The summed E-state index contributed by atoms with van der Waals surface area (Å²) in [5.41, 5.74) is 2.06. The zero-order chi connectivity index (χ0) is 19.9. The number of hydrogen-bond acceptors (Lipinski definition) is 6. The van der Waals surface area contributed by atoms with Gasteiger partial charge in [-0.2, -0.15) is 0 Å². The highest BCUT2D eigenvalue weighted by molar-refractivity contribution is 5.92. The molecule has 1 saturated heterocycles. The maximum Gasteiger partial charge on any atom is 0.162 e. The zero-order valence-electron chi connectivity index (χ0n) is 16.6. The van der Waals surface area contributed by atoms with Crippen molar-refractivity contribution in [3.05, 3.63) is 61.2 Å². The predicted molar refractivity (Wildman–Crippen MR) is 117 cm³/mol. The van der Waals surface area contributed by atoms with Crippen molar-refractivity contribution in [3.8, 4) is 5.69 Å². The molecule has 1 aromatic carbocycles. The normalized spacial score (nSPS) is 20.6. The van der Waals surface area contributed by atoms with Crippen LogP contribution in [0, 0.1) is 11.8 Å². The number of nitrogens with one attached hydrogen (secondary N) is 1. The quantitative estimate of drug-likeness (QED) is 0.557. The molecule has 3 aromatic heterocycles. The summed E-state index contributed by atoms with van der Waals surface area (Å²) >= 11 is 0. The Morgan fingerprint density at radius 1 is 0.933 bits per heavy atom. The molecule has 1 aliphatic carbocycles. The Morgan fingerprint density at radius 2 is 1.80 bits per heavy atom. The van der Waals surface area contributed by atoms with Crippen molar-refractivity contribution < 1.29 is 0 Å². The highest BCUT2D eigenvalue weighted by atomic mass is 15.3. The molecule has 0 amide bonds.